The number of rotatable bonds is 3. The van der Waals surface area contributed by atoms with E-state index in [1.807, 2.05) is 31.2 Å². The molecule has 0 bridgehead atoms. The zero-order valence-electron chi connectivity index (χ0n) is 11.4. The monoisotopic (exact) mass is 279 g/mol. The van der Waals surface area contributed by atoms with E-state index in [-0.39, 0.29) is 11.4 Å². The molecule has 0 aliphatic heterocycles. The first-order valence-electron chi connectivity index (χ1n) is 6.46. The quantitative estimate of drug-likeness (QED) is 0.748. The van der Waals surface area contributed by atoms with Crippen molar-refractivity contribution >= 4 is 6.29 Å². The molecule has 1 heterocycles. The molecule has 21 heavy (non-hydrogen) atoms. The molecule has 1 aromatic heterocycles. The van der Waals surface area contributed by atoms with Gasteiger partial charge in [-0.3, -0.25) is 4.79 Å². The molecule has 1 N–H and O–H groups in total. The van der Waals surface area contributed by atoms with Gasteiger partial charge in [-0.2, -0.15) is 0 Å². The van der Waals surface area contributed by atoms with Crippen LogP contribution in [-0.2, 0) is 0 Å². The van der Waals surface area contributed by atoms with Crippen molar-refractivity contribution in [2.75, 3.05) is 0 Å². The van der Waals surface area contributed by atoms with Crippen LogP contribution in [0.5, 0.6) is 5.75 Å². The molecule has 0 aliphatic carbocycles. The number of carbonyl (C=O) groups excluding carboxylic acids is 1. The molecule has 0 fully saturated rings. The number of nitrogens with zero attached hydrogens (tertiary/aromatic N) is 3. The van der Waals surface area contributed by atoms with E-state index in [4.69, 9.17) is 0 Å². The molecule has 0 unspecified atom stereocenters. The van der Waals surface area contributed by atoms with Crippen LogP contribution in [0.25, 0.3) is 16.9 Å². The van der Waals surface area contributed by atoms with Crippen LogP contribution >= 0.6 is 0 Å². The highest BCUT2D eigenvalue weighted by molar-refractivity contribution is 5.84. The Balaban J connectivity index is 2.18. The lowest BCUT2D eigenvalue weighted by molar-refractivity contribution is 0.111. The second kappa shape index (κ2) is 5.20. The van der Waals surface area contributed by atoms with Gasteiger partial charge in [0.15, 0.2) is 12.0 Å². The number of aldehydes is 1. The van der Waals surface area contributed by atoms with Gasteiger partial charge < -0.3 is 5.11 Å². The summed E-state index contributed by atoms with van der Waals surface area (Å²) in [4.78, 5) is 11.2. The van der Waals surface area contributed by atoms with Gasteiger partial charge in [0.05, 0.1) is 5.69 Å². The molecule has 5 heteroatoms. The van der Waals surface area contributed by atoms with Crippen molar-refractivity contribution in [3.63, 3.8) is 0 Å². The zero-order valence-corrected chi connectivity index (χ0v) is 11.4. The summed E-state index contributed by atoms with van der Waals surface area (Å²) in [6.07, 6.45) is 0.694. The van der Waals surface area contributed by atoms with E-state index in [0.717, 1.165) is 16.8 Å². The lowest BCUT2D eigenvalue weighted by atomic mass is 10.1. The van der Waals surface area contributed by atoms with Crippen LogP contribution < -0.4 is 0 Å². The van der Waals surface area contributed by atoms with Gasteiger partial charge in [0, 0.05) is 5.56 Å². The fourth-order valence-electron chi connectivity index (χ4n) is 2.13. The molecule has 3 rings (SSSR count). The summed E-state index contributed by atoms with van der Waals surface area (Å²) in [7, 11) is 0. The van der Waals surface area contributed by atoms with Crippen molar-refractivity contribution in [3.8, 4) is 22.7 Å². The summed E-state index contributed by atoms with van der Waals surface area (Å²) < 4.78 is 1.59. The Morgan fingerprint density at radius 2 is 1.71 bits per heavy atom. The molecule has 0 radical (unpaired) electrons. The van der Waals surface area contributed by atoms with E-state index in [9.17, 15) is 9.90 Å². The summed E-state index contributed by atoms with van der Waals surface area (Å²) in [5, 5.41) is 17.3. The first kappa shape index (κ1) is 13.1. The minimum atomic E-state index is 0.173. The number of phenolic OH excluding ortho intramolecular Hbond substituents is 1. The smallest absolute Gasteiger partial charge is 0.172 e. The zero-order chi connectivity index (χ0) is 14.8. The highest BCUT2D eigenvalue weighted by Crippen LogP contribution is 2.25. The van der Waals surface area contributed by atoms with Crippen molar-refractivity contribution in [2.24, 2.45) is 0 Å². The second-order valence-electron chi connectivity index (χ2n) is 4.74. The summed E-state index contributed by atoms with van der Waals surface area (Å²) in [6, 6.07) is 14.4. The molecule has 0 aliphatic rings. The number of phenols is 1. The predicted octanol–water partition coefficient (Wildman–Crippen LogP) is 2.76. The summed E-state index contributed by atoms with van der Waals surface area (Å²) in [6.45, 7) is 2.00. The number of carbonyl (C=O) groups is 1. The first-order valence-corrected chi connectivity index (χ1v) is 6.46. The fraction of sp³-hybridized carbons (Fsp3) is 0.0625. The molecular formula is C16H13N3O2. The Labute approximate surface area is 121 Å². The predicted molar refractivity (Wildman–Crippen MR) is 78.6 cm³/mol. The van der Waals surface area contributed by atoms with Gasteiger partial charge in [0.1, 0.15) is 11.4 Å². The third kappa shape index (κ3) is 2.41. The Morgan fingerprint density at radius 1 is 1.05 bits per heavy atom. The normalized spacial score (nSPS) is 10.5. The van der Waals surface area contributed by atoms with Crippen LogP contribution in [0.15, 0.2) is 48.5 Å². The molecule has 5 nitrogen and oxygen atoms in total. The molecule has 2 aromatic carbocycles. The molecule has 104 valence electrons. The molecular weight excluding hydrogens is 266 g/mol. The van der Waals surface area contributed by atoms with Gasteiger partial charge in [-0.25, -0.2) is 4.68 Å². The molecule has 0 saturated carbocycles. The van der Waals surface area contributed by atoms with Gasteiger partial charge >= 0.3 is 0 Å². The Morgan fingerprint density at radius 3 is 2.33 bits per heavy atom. The number of hydrogen-bond donors (Lipinski definition) is 1. The average Bonchev–Trinajstić information content (AvgIpc) is 2.93. The molecule has 3 aromatic rings. The van der Waals surface area contributed by atoms with Crippen molar-refractivity contribution in [3.05, 3.63) is 59.8 Å². The van der Waals surface area contributed by atoms with Crippen LogP contribution in [0.2, 0.25) is 0 Å². The van der Waals surface area contributed by atoms with E-state index in [1.165, 1.54) is 0 Å². The van der Waals surface area contributed by atoms with Gasteiger partial charge in [0.2, 0.25) is 0 Å². The average molecular weight is 279 g/mol. The maximum Gasteiger partial charge on any atom is 0.172 e. The number of aryl methyl sites for hydroxylation is 1. The van der Waals surface area contributed by atoms with E-state index in [0.29, 0.717) is 12.0 Å². The van der Waals surface area contributed by atoms with Crippen LogP contribution in [0.1, 0.15) is 16.1 Å². The minimum Gasteiger partial charge on any atom is -0.508 e. The van der Waals surface area contributed by atoms with E-state index >= 15 is 0 Å². The third-order valence-corrected chi connectivity index (χ3v) is 3.23. The maximum absolute atomic E-state index is 11.2. The number of aromatic nitrogens is 3. The lowest BCUT2D eigenvalue weighted by Crippen LogP contribution is -1.99. The van der Waals surface area contributed by atoms with E-state index in [2.05, 4.69) is 10.3 Å². The molecule has 0 atom stereocenters. The highest BCUT2D eigenvalue weighted by atomic mass is 16.3. The van der Waals surface area contributed by atoms with E-state index in [1.54, 1.807) is 28.9 Å². The van der Waals surface area contributed by atoms with E-state index < -0.39 is 0 Å². The molecule has 0 saturated heterocycles. The van der Waals surface area contributed by atoms with Gasteiger partial charge in [0.25, 0.3) is 0 Å². The second-order valence-corrected chi connectivity index (χ2v) is 4.74. The third-order valence-electron chi connectivity index (χ3n) is 3.23. The lowest BCUT2D eigenvalue weighted by Gasteiger charge is -2.07. The summed E-state index contributed by atoms with van der Waals surface area (Å²) in [5.41, 5.74) is 3.64. The van der Waals surface area contributed by atoms with Crippen LogP contribution in [-0.4, -0.2) is 26.4 Å². The first-order chi connectivity index (χ1) is 10.2. The van der Waals surface area contributed by atoms with Crippen molar-refractivity contribution in [2.45, 2.75) is 6.92 Å². The maximum atomic E-state index is 11.2. The highest BCUT2D eigenvalue weighted by Gasteiger charge is 2.15. The van der Waals surface area contributed by atoms with Gasteiger partial charge in [-0.05, 0) is 31.2 Å². The molecule has 0 spiro atoms. The van der Waals surface area contributed by atoms with Gasteiger partial charge in [-0.15, -0.1) is 5.10 Å². The van der Waals surface area contributed by atoms with Crippen LogP contribution in [0.4, 0.5) is 0 Å². The largest absolute Gasteiger partial charge is 0.508 e. The minimum absolute atomic E-state index is 0.173. The van der Waals surface area contributed by atoms with Crippen molar-refractivity contribution in [1.82, 2.24) is 15.0 Å². The number of benzene rings is 2. The van der Waals surface area contributed by atoms with Crippen LogP contribution in [0, 0.1) is 6.92 Å². The van der Waals surface area contributed by atoms with Gasteiger partial charge in [-0.1, -0.05) is 35.0 Å². The fourth-order valence-corrected chi connectivity index (χ4v) is 2.13. The Bertz CT molecular complexity index is 774. The summed E-state index contributed by atoms with van der Waals surface area (Å²) in [5.74, 6) is 0.173. The molecule has 0 amide bonds. The number of hydrogen-bond acceptors (Lipinski definition) is 4. The standard InChI is InChI=1S/C16H13N3O2/c1-11-2-4-12(5-3-11)16-15(10-20)17-18-19(16)13-6-8-14(21)9-7-13/h2-10,21H,1H3. The topological polar surface area (TPSA) is 68.0 Å². The van der Waals surface area contributed by atoms with Crippen LogP contribution in [0.3, 0.4) is 0 Å². The number of aromatic hydroxyl groups is 1. The van der Waals surface area contributed by atoms with Crippen molar-refractivity contribution < 1.29 is 9.90 Å². The van der Waals surface area contributed by atoms with Crippen molar-refractivity contribution in [1.29, 1.82) is 0 Å². The Kier molecular flexibility index (Phi) is 3.23. The Hall–Kier alpha value is -2.95. The summed E-state index contributed by atoms with van der Waals surface area (Å²) >= 11 is 0. The SMILES string of the molecule is Cc1ccc(-c2c(C=O)nnn2-c2ccc(O)cc2)cc1.